The normalized spacial score (nSPS) is 14.6. The van der Waals surface area contributed by atoms with Crippen molar-refractivity contribution in [1.82, 2.24) is 5.32 Å². The quantitative estimate of drug-likeness (QED) is 0.688. The second kappa shape index (κ2) is 9.16. The van der Waals surface area contributed by atoms with Crippen LogP contribution in [0.1, 0.15) is 58.9 Å². The average Bonchev–Trinajstić information content (AvgIpc) is 2.44. The zero-order valence-electron chi connectivity index (χ0n) is 14.9. The summed E-state index contributed by atoms with van der Waals surface area (Å²) in [6.45, 7) is 8.23. The minimum Gasteiger partial charge on any atom is -0.497 e. The van der Waals surface area contributed by atoms with Crippen molar-refractivity contribution in [3.63, 3.8) is 0 Å². The maximum Gasteiger partial charge on any atom is 0.118 e. The first-order chi connectivity index (χ1) is 10.3. The van der Waals surface area contributed by atoms with Crippen LogP contribution in [0.25, 0.3) is 0 Å². The second-order valence-electron chi connectivity index (χ2n) is 7.06. The monoisotopic (exact) mass is 307 g/mol. The van der Waals surface area contributed by atoms with Gasteiger partial charge in [-0.3, -0.25) is 0 Å². The summed E-state index contributed by atoms with van der Waals surface area (Å²) in [6, 6.07) is 9.31. The van der Waals surface area contributed by atoms with E-state index < -0.39 is 5.60 Å². The molecule has 1 rings (SSSR count). The number of aryl methyl sites for hydroxylation is 1. The Morgan fingerprint density at radius 2 is 1.68 bits per heavy atom. The van der Waals surface area contributed by atoms with E-state index in [9.17, 15) is 5.11 Å². The summed E-state index contributed by atoms with van der Waals surface area (Å²) in [4.78, 5) is 0. The van der Waals surface area contributed by atoms with Crippen LogP contribution in [-0.4, -0.2) is 29.9 Å². The summed E-state index contributed by atoms with van der Waals surface area (Å²) >= 11 is 0. The second-order valence-corrected chi connectivity index (χ2v) is 7.06. The number of ether oxygens (including phenoxy) is 1. The molecule has 0 heterocycles. The van der Waals surface area contributed by atoms with Crippen molar-refractivity contribution in [3.05, 3.63) is 29.8 Å². The molecule has 3 heteroatoms. The molecule has 0 aromatic heterocycles. The fourth-order valence-corrected chi connectivity index (χ4v) is 2.67. The molecule has 1 aromatic rings. The van der Waals surface area contributed by atoms with Crippen LogP contribution in [0, 0.1) is 0 Å². The van der Waals surface area contributed by atoms with Crippen LogP contribution in [0.4, 0.5) is 0 Å². The Morgan fingerprint density at radius 1 is 1.09 bits per heavy atom. The smallest absolute Gasteiger partial charge is 0.118 e. The number of methoxy groups -OCH3 is 1. The molecule has 0 unspecified atom stereocenters. The molecule has 0 aliphatic carbocycles. The van der Waals surface area contributed by atoms with Gasteiger partial charge in [-0.15, -0.1) is 0 Å². The predicted octanol–water partition coefficient (Wildman–Crippen LogP) is 3.94. The highest BCUT2D eigenvalue weighted by Crippen LogP contribution is 2.15. The third-order valence-electron chi connectivity index (χ3n) is 4.02. The molecule has 0 saturated carbocycles. The van der Waals surface area contributed by atoms with E-state index in [4.69, 9.17) is 4.74 Å². The van der Waals surface area contributed by atoms with Gasteiger partial charge in [0.05, 0.1) is 12.7 Å². The van der Waals surface area contributed by atoms with Gasteiger partial charge in [0, 0.05) is 12.1 Å². The zero-order valence-corrected chi connectivity index (χ0v) is 14.9. The summed E-state index contributed by atoms with van der Waals surface area (Å²) in [7, 11) is 1.69. The Labute approximate surface area is 136 Å². The van der Waals surface area contributed by atoms with Crippen molar-refractivity contribution in [3.8, 4) is 5.75 Å². The summed E-state index contributed by atoms with van der Waals surface area (Å²) in [6.07, 6.45) is 5.23. The molecule has 22 heavy (non-hydrogen) atoms. The highest BCUT2D eigenvalue weighted by molar-refractivity contribution is 5.27. The van der Waals surface area contributed by atoms with Crippen molar-refractivity contribution < 1.29 is 9.84 Å². The maximum absolute atomic E-state index is 9.73. The number of hydrogen-bond donors (Lipinski definition) is 2. The lowest BCUT2D eigenvalue weighted by Crippen LogP contribution is -2.35. The van der Waals surface area contributed by atoms with Gasteiger partial charge in [0.15, 0.2) is 0 Å². The number of aliphatic hydroxyl groups is 1. The molecule has 126 valence electrons. The van der Waals surface area contributed by atoms with Gasteiger partial charge in [-0.2, -0.15) is 0 Å². The van der Waals surface area contributed by atoms with Crippen LogP contribution in [0.3, 0.4) is 0 Å². The van der Waals surface area contributed by atoms with E-state index in [0.717, 1.165) is 37.9 Å². The molecular weight excluding hydrogens is 274 g/mol. The molecule has 2 N–H and O–H groups in total. The van der Waals surface area contributed by atoms with E-state index in [2.05, 4.69) is 31.3 Å². The van der Waals surface area contributed by atoms with Crippen LogP contribution in [0.15, 0.2) is 24.3 Å². The standard InChI is InChI=1S/C19H33NO2/c1-15(7-6-14-19(3,4)21)20-16(2)8-9-17-10-12-18(22-5)13-11-17/h10-13,15-16,20-21H,6-9,14H2,1-5H3/t15-,16+/m0/s1. The van der Waals surface area contributed by atoms with Crippen molar-refractivity contribution in [2.45, 2.75) is 77.5 Å². The molecule has 0 amide bonds. The van der Waals surface area contributed by atoms with Crippen molar-refractivity contribution in [1.29, 1.82) is 0 Å². The molecule has 0 fully saturated rings. The van der Waals surface area contributed by atoms with Gasteiger partial charge in [0.25, 0.3) is 0 Å². The molecule has 3 nitrogen and oxygen atoms in total. The highest BCUT2D eigenvalue weighted by Gasteiger charge is 2.13. The summed E-state index contributed by atoms with van der Waals surface area (Å²) in [5.74, 6) is 0.912. The molecule has 0 saturated heterocycles. The first-order valence-corrected chi connectivity index (χ1v) is 8.41. The molecule has 1 aromatic carbocycles. The maximum atomic E-state index is 9.73. The van der Waals surface area contributed by atoms with Crippen LogP contribution in [0.2, 0.25) is 0 Å². The van der Waals surface area contributed by atoms with E-state index in [1.807, 2.05) is 26.0 Å². The molecule has 0 radical (unpaired) electrons. The van der Waals surface area contributed by atoms with E-state index in [0.29, 0.717) is 12.1 Å². The third kappa shape index (κ3) is 8.40. The molecule has 2 atom stereocenters. The van der Waals surface area contributed by atoms with Crippen molar-refractivity contribution in [2.24, 2.45) is 0 Å². The van der Waals surface area contributed by atoms with Crippen LogP contribution < -0.4 is 10.1 Å². The molecule has 0 spiro atoms. The SMILES string of the molecule is COc1ccc(CC[C@@H](C)N[C@@H](C)CCCC(C)(C)O)cc1. The lowest BCUT2D eigenvalue weighted by molar-refractivity contribution is 0.0674. The van der Waals surface area contributed by atoms with Crippen molar-refractivity contribution in [2.75, 3.05) is 7.11 Å². The van der Waals surface area contributed by atoms with Gasteiger partial charge < -0.3 is 15.2 Å². The van der Waals surface area contributed by atoms with Gasteiger partial charge in [-0.05, 0) is 77.5 Å². The minimum atomic E-state index is -0.542. The molecular formula is C19H33NO2. The fraction of sp³-hybridized carbons (Fsp3) is 0.684. The Hall–Kier alpha value is -1.06. The number of benzene rings is 1. The largest absolute Gasteiger partial charge is 0.497 e. The van der Waals surface area contributed by atoms with Crippen molar-refractivity contribution >= 4 is 0 Å². The first-order valence-electron chi connectivity index (χ1n) is 8.41. The van der Waals surface area contributed by atoms with Crippen LogP contribution in [0.5, 0.6) is 5.75 Å². The van der Waals surface area contributed by atoms with Gasteiger partial charge in [-0.25, -0.2) is 0 Å². The van der Waals surface area contributed by atoms with Gasteiger partial charge in [0.2, 0.25) is 0 Å². The van der Waals surface area contributed by atoms with Gasteiger partial charge in [0.1, 0.15) is 5.75 Å². The van der Waals surface area contributed by atoms with Gasteiger partial charge >= 0.3 is 0 Å². The minimum absolute atomic E-state index is 0.494. The topological polar surface area (TPSA) is 41.5 Å². The zero-order chi connectivity index (χ0) is 16.6. The predicted molar refractivity (Wildman–Crippen MR) is 93.5 cm³/mol. The molecule has 0 aliphatic rings. The fourth-order valence-electron chi connectivity index (χ4n) is 2.67. The Bertz CT molecular complexity index is 408. The van der Waals surface area contributed by atoms with Gasteiger partial charge in [-0.1, -0.05) is 12.1 Å². The lowest BCUT2D eigenvalue weighted by atomic mass is 9.99. The summed E-state index contributed by atoms with van der Waals surface area (Å²) in [5, 5.41) is 13.4. The van der Waals surface area contributed by atoms with E-state index in [-0.39, 0.29) is 0 Å². The average molecular weight is 307 g/mol. The number of nitrogens with one attached hydrogen (secondary N) is 1. The van der Waals surface area contributed by atoms with E-state index in [1.165, 1.54) is 5.56 Å². The Morgan fingerprint density at radius 3 is 2.23 bits per heavy atom. The third-order valence-corrected chi connectivity index (χ3v) is 4.02. The number of rotatable bonds is 10. The van der Waals surface area contributed by atoms with Crippen LogP contribution >= 0.6 is 0 Å². The molecule has 0 aliphatic heterocycles. The van der Waals surface area contributed by atoms with E-state index in [1.54, 1.807) is 7.11 Å². The van der Waals surface area contributed by atoms with Crippen LogP contribution in [-0.2, 0) is 6.42 Å². The highest BCUT2D eigenvalue weighted by atomic mass is 16.5. The Balaban J connectivity index is 2.22. The summed E-state index contributed by atoms with van der Waals surface area (Å²) in [5.41, 5.74) is 0.809. The Kier molecular flexibility index (Phi) is 7.91. The number of hydrogen-bond acceptors (Lipinski definition) is 3. The first kappa shape index (κ1) is 19.0. The van der Waals surface area contributed by atoms with E-state index >= 15 is 0 Å². The molecule has 0 bridgehead atoms. The summed E-state index contributed by atoms with van der Waals surface area (Å²) < 4.78 is 5.18. The lowest BCUT2D eigenvalue weighted by Gasteiger charge is -2.22.